The second-order valence-electron chi connectivity index (χ2n) is 3.56. The lowest BCUT2D eigenvalue weighted by molar-refractivity contribution is -0.128. The van der Waals surface area contributed by atoms with Crippen molar-refractivity contribution in [2.45, 2.75) is 12.8 Å². The molecule has 0 saturated carbocycles. The Morgan fingerprint density at radius 2 is 1.92 bits per heavy atom. The summed E-state index contributed by atoms with van der Waals surface area (Å²) < 4.78 is 15.0. The summed E-state index contributed by atoms with van der Waals surface area (Å²) >= 11 is 0. The summed E-state index contributed by atoms with van der Waals surface area (Å²) in [5.41, 5.74) is 0. The van der Waals surface area contributed by atoms with E-state index in [4.69, 9.17) is 0 Å². The summed E-state index contributed by atoms with van der Waals surface area (Å²) in [4.78, 5) is 13.2. The first-order chi connectivity index (χ1) is 5.99. The van der Waals surface area contributed by atoms with E-state index in [1.807, 2.05) is 0 Å². The molecule has 1 rings (SSSR count). The van der Waals surface area contributed by atoms with Gasteiger partial charge in [0.05, 0.1) is 0 Å². The van der Waals surface area contributed by atoms with Crippen molar-refractivity contribution in [3.05, 3.63) is 0 Å². The van der Waals surface area contributed by atoms with E-state index < -0.39 is 9.73 Å². The van der Waals surface area contributed by atoms with Crippen molar-refractivity contribution in [1.82, 2.24) is 4.90 Å². The van der Waals surface area contributed by atoms with Crippen LogP contribution < -0.4 is 0 Å². The third-order valence-electron chi connectivity index (χ3n) is 1.97. The average molecular weight is 204 g/mol. The predicted octanol–water partition coefficient (Wildman–Crippen LogP) is 0.336. The molecule has 0 spiro atoms. The van der Waals surface area contributed by atoms with Gasteiger partial charge >= 0.3 is 0 Å². The molecule has 0 aliphatic carbocycles. The van der Waals surface area contributed by atoms with Gasteiger partial charge in [0.25, 0.3) is 0 Å². The zero-order valence-electron chi connectivity index (χ0n) is 8.15. The molecule has 0 aromatic heterocycles. The molecule has 1 heterocycles. The summed E-state index contributed by atoms with van der Waals surface area (Å²) in [6.07, 6.45) is 5.26. The van der Waals surface area contributed by atoms with Gasteiger partial charge in [-0.3, -0.25) is 9.00 Å². The smallest absolute Gasteiger partial charge is 0.244 e. The lowest BCUT2D eigenvalue weighted by Gasteiger charge is -2.13. The zero-order chi connectivity index (χ0) is 9.90. The van der Waals surface area contributed by atoms with Gasteiger partial charge in [-0.05, 0) is 12.8 Å². The Bertz CT molecular complexity index is 291. The van der Waals surface area contributed by atoms with Crippen LogP contribution in [0.2, 0.25) is 0 Å². The number of carbonyl (C=O) groups excluding carboxylic acids is 1. The van der Waals surface area contributed by atoms with E-state index in [1.165, 1.54) is 0 Å². The Kier molecular flexibility index (Phi) is 3.30. The molecule has 1 aliphatic rings. The van der Waals surface area contributed by atoms with Crippen LogP contribution in [0.25, 0.3) is 0 Å². The molecule has 0 unspecified atom stereocenters. The Morgan fingerprint density at radius 1 is 1.38 bits per heavy atom. The van der Waals surface area contributed by atoms with Crippen molar-refractivity contribution in [2.24, 2.45) is 4.36 Å². The van der Waals surface area contributed by atoms with Gasteiger partial charge in [-0.25, -0.2) is 4.36 Å². The molecule has 1 aliphatic heterocycles. The van der Waals surface area contributed by atoms with Gasteiger partial charge in [-0.15, -0.1) is 0 Å². The Balaban J connectivity index is 2.46. The largest absolute Gasteiger partial charge is 0.341 e. The molecular formula is C8H16N2O2S. The molecule has 0 atom stereocenters. The van der Waals surface area contributed by atoms with E-state index in [-0.39, 0.29) is 12.5 Å². The molecule has 0 aromatic rings. The quantitative estimate of drug-likeness (QED) is 0.651. The lowest BCUT2D eigenvalue weighted by Crippen LogP contribution is -2.29. The van der Waals surface area contributed by atoms with Crippen LogP contribution in [0.5, 0.6) is 0 Å². The van der Waals surface area contributed by atoms with E-state index in [9.17, 15) is 9.00 Å². The third kappa shape index (κ3) is 3.76. The topological polar surface area (TPSA) is 49.7 Å². The van der Waals surface area contributed by atoms with Crippen LogP contribution in [0, 0.1) is 0 Å². The summed E-state index contributed by atoms with van der Waals surface area (Å²) in [5, 5.41) is 0. The molecule has 4 nitrogen and oxygen atoms in total. The van der Waals surface area contributed by atoms with Gasteiger partial charge in [0.15, 0.2) is 0 Å². The predicted molar refractivity (Wildman–Crippen MR) is 53.1 cm³/mol. The highest BCUT2D eigenvalue weighted by Gasteiger charge is 2.16. The fourth-order valence-corrected chi connectivity index (χ4v) is 1.70. The summed E-state index contributed by atoms with van der Waals surface area (Å²) in [6.45, 7) is 1.75. The first kappa shape index (κ1) is 10.5. The molecule has 5 heteroatoms. The number of hydrogen-bond acceptors (Lipinski definition) is 3. The van der Waals surface area contributed by atoms with Gasteiger partial charge in [0, 0.05) is 35.3 Å². The summed E-state index contributed by atoms with van der Waals surface area (Å²) in [5.74, 6) is 0.00826. The molecule has 0 N–H and O–H groups in total. The van der Waals surface area contributed by atoms with Crippen molar-refractivity contribution in [2.75, 3.05) is 32.1 Å². The maximum absolute atomic E-state index is 11.4. The number of likely N-dealkylation sites (tertiary alicyclic amines) is 1. The Hall–Kier alpha value is -0.580. The highest BCUT2D eigenvalue weighted by Crippen LogP contribution is 2.07. The third-order valence-corrected chi connectivity index (χ3v) is 2.72. The van der Waals surface area contributed by atoms with Crippen molar-refractivity contribution < 1.29 is 9.00 Å². The van der Waals surface area contributed by atoms with Gasteiger partial charge in [0.1, 0.15) is 6.54 Å². The molecule has 13 heavy (non-hydrogen) atoms. The normalized spacial score (nSPS) is 17.5. The van der Waals surface area contributed by atoms with Gasteiger partial charge < -0.3 is 4.90 Å². The number of amides is 1. The van der Waals surface area contributed by atoms with Gasteiger partial charge in [0.2, 0.25) is 5.91 Å². The fraction of sp³-hybridized carbons (Fsp3) is 0.875. The van der Waals surface area contributed by atoms with E-state index in [0.29, 0.717) is 0 Å². The number of rotatable bonds is 2. The van der Waals surface area contributed by atoms with Crippen LogP contribution in [0.3, 0.4) is 0 Å². The van der Waals surface area contributed by atoms with Gasteiger partial charge in [-0.1, -0.05) is 0 Å². The molecular weight excluding hydrogens is 188 g/mol. The standard InChI is InChI=1S/C8H16N2O2S/c1-13(2,12)9-7-8(11)10-5-3-4-6-10/h3-7H2,1-2H3. The second kappa shape index (κ2) is 4.09. The molecule has 0 radical (unpaired) electrons. The van der Waals surface area contributed by atoms with E-state index in [2.05, 4.69) is 4.36 Å². The molecule has 1 amide bonds. The van der Waals surface area contributed by atoms with Crippen molar-refractivity contribution in [3.8, 4) is 0 Å². The molecule has 1 fully saturated rings. The van der Waals surface area contributed by atoms with Crippen LogP contribution >= 0.6 is 0 Å². The van der Waals surface area contributed by atoms with E-state index in [0.717, 1.165) is 25.9 Å². The van der Waals surface area contributed by atoms with Crippen LogP contribution in [-0.4, -0.2) is 47.2 Å². The SMILES string of the molecule is CS(C)(=O)=NCC(=O)N1CCCC1. The highest BCUT2D eigenvalue weighted by atomic mass is 32.2. The van der Waals surface area contributed by atoms with Crippen LogP contribution in [-0.2, 0) is 14.5 Å². The van der Waals surface area contributed by atoms with Crippen molar-refractivity contribution in [1.29, 1.82) is 0 Å². The second-order valence-corrected chi connectivity index (χ2v) is 6.18. The van der Waals surface area contributed by atoms with E-state index >= 15 is 0 Å². The lowest BCUT2D eigenvalue weighted by atomic mass is 10.4. The molecule has 76 valence electrons. The van der Waals surface area contributed by atoms with Crippen LogP contribution in [0.15, 0.2) is 4.36 Å². The Morgan fingerprint density at radius 3 is 2.38 bits per heavy atom. The van der Waals surface area contributed by atoms with Gasteiger partial charge in [-0.2, -0.15) is 0 Å². The molecule has 1 saturated heterocycles. The monoisotopic (exact) mass is 204 g/mol. The summed E-state index contributed by atoms with van der Waals surface area (Å²) in [7, 11) is -2.12. The minimum Gasteiger partial charge on any atom is -0.341 e. The van der Waals surface area contributed by atoms with Crippen LogP contribution in [0.1, 0.15) is 12.8 Å². The van der Waals surface area contributed by atoms with Crippen LogP contribution in [0.4, 0.5) is 0 Å². The molecule has 0 bridgehead atoms. The maximum atomic E-state index is 11.4. The number of carbonyl (C=O) groups is 1. The minimum absolute atomic E-state index is 0.00826. The first-order valence-corrected chi connectivity index (χ1v) is 6.73. The first-order valence-electron chi connectivity index (χ1n) is 4.40. The maximum Gasteiger partial charge on any atom is 0.244 e. The average Bonchev–Trinajstić information content (AvgIpc) is 2.50. The summed E-state index contributed by atoms with van der Waals surface area (Å²) in [6, 6.07) is 0. The molecule has 0 aromatic carbocycles. The number of nitrogens with zero attached hydrogens (tertiary/aromatic N) is 2. The van der Waals surface area contributed by atoms with Crippen molar-refractivity contribution in [3.63, 3.8) is 0 Å². The Labute approximate surface area is 79.5 Å². The minimum atomic E-state index is -2.12. The van der Waals surface area contributed by atoms with Crippen molar-refractivity contribution >= 4 is 15.6 Å². The zero-order valence-corrected chi connectivity index (χ0v) is 8.97. The van der Waals surface area contributed by atoms with E-state index in [1.54, 1.807) is 17.4 Å². The number of hydrogen-bond donors (Lipinski definition) is 0. The highest BCUT2D eigenvalue weighted by molar-refractivity contribution is 7.92. The fourth-order valence-electron chi connectivity index (χ4n) is 1.28.